The Morgan fingerprint density at radius 3 is 2.58 bits per heavy atom. The van der Waals surface area contributed by atoms with Crippen LogP contribution >= 0.6 is 0 Å². The van der Waals surface area contributed by atoms with E-state index < -0.39 is 11.7 Å². The van der Waals surface area contributed by atoms with Crippen LogP contribution in [0, 0.1) is 12.7 Å². The molecule has 0 aliphatic rings. The molecule has 0 radical (unpaired) electrons. The number of pyridine rings is 1. The van der Waals surface area contributed by atoms with Gasteiger partial charge in [0.25, 0.3) is 0 Å². The number of ether oxygens (including phenoxy) is 1. The van der Waals surface area contributed by atoms with Gasteiger partial charge in [0.15, 0.2) is 0 Å². The zero-order valence-corrected chi connectivity index (χ0v) is 14.1. The van der Waals surface area contributed by atoms with Crippen LogP contribution in [0.2, 0.25) is 0 Å². The van der Waals surface area contributed by atoms with Crippen LogP contribution < -0.4 is 0 Å². The van der Waals surface area contributed by atoms with Crippen molar-refractivity contribution in [1.29, 1.82) is 0 Å². The number of halogens is 1. The quantitative estimate of drug-likeness (QED) is 0.636. The van der Waals surface area contributed by atoms with Crippen molar-refractivity contribution in [3.05, 3.63) is 54.1 Å². The zero-order valence-electron chi connectivity index (χ0n) is 14.1. The molecule has 4 nitrogen and oxygen atoms in total. The van der Waals surface area contributed by atoms with Gasteiger partial charge in [-0.3, -0.25) is 9.55 Å². The number of carbonyl (C=O) groups is 1. The molecule has 2 heterocycles. The number of hydrogen-bond donors (Lipinski definition) is 0. The van der Waals surface area contributed by atoms with E-state index in [2.05, 4.69) is 4.98 Å². The van der Waals surface area contributed by atoms with Crippen LogP contribution in [0.4, 0.5) is 9.18 Å². The lowest BCUT2D eigenvalue weighted by Crippen LogP contribution is -2.26. The summed E-state index contributed by atoms with van der Waals surface area (Å²) in [6, 6.07) is 8.52. The van der Waals surface area contributed by atoms with Crippen LogP contribution in [0.15, 0.2) is 42.7 Å². The molecular formula is C19H19FN2O2. The fourth-order valence-electron chi connectivity index (χ4n) is 2.46. The van der Waals surface area contributed by atoms with Gasteiger partial charge < -0.3 is 4.74 Å². The third-order valence-corrected chi connectivity index (χ3v) is 3.62. The average Bonchev–Trinajstić information content (AvgIpc) is 2.91. The van der Waals surface area contributed by atoms with E-state index in [0.29, 0.717) is 16.6 Å². The van der Waals surface area contributed by atoms with Gasteiger partial charge >= 0.3 is 6.09 Å². The summed E-state index contributed by atoms with van der Waals surface area (Å²) in [6.07, 6.45) is 2.91. The molecule has 3 rings (SSSR count). The number of carbonyl (C=O) groups excluding carboxylic acids is 1. The Balaban J connectivity index is 2.05. The predicted octanol–water partition coefficient (Wildman–Crippen LogP) is 4.93. The summed E-state index contributed by atoms with van der Waals surface area (Å²) in [5.74, 6) is -0.245. The van der Waals surface area contributed by atoms with Crippen molar-refractivity contribution in [2.45, 2.75) is 33.3 Å². The van der Waals surface area contributed by atoms with E-state index in [-0.39, 0.29) is 5.82 Å². The molecule has 24 heavy (non-hydrogen) atoms. The number of fused-ring (bicyclic) bond motifs is 1. The molecule has 3 aromatic rings. The van der Waals surface area contributed by atoms with Gasteiger partial charge in [0, 0.05) is 18.0 Å². The van der Waals surface area contributed by atoms with E-state index in [1.165, 1.54) is 10.6 Å². The highest BCUT2D eigenvalue weighted by Crippen LogP contribution is 2.25. The second-order valence-electron chi connectivity index (χ2n) is 6.76. The first-order valence-corrected chi connectivity index (χ1v) is 7.71. The van der Waals surface area contributed by atoms with Crippen molar-refractivity contribution in [1.82, 2.24) is 9.55 Å². The summed E-state index contributed by atoms with van der Waals surface area (Å²) in [5, 5.41) is 0. The molecule has 5 heteroatoms. The normalized spacial score (nSPS) is 11.7. The number of aromatic nitrogens is 2. The van der Waals surface area contributed by atoms with E-state index in [9.17, 15) is 9.18 Å². The van der Waals surface area contributed by atoms with Gasteiger partial charge in [-0.25, -0.2) is 9.18 Å². The van der Waals surface area contributed by atoms with Gasteiger partial charge in [0.1, 0.15) is 11.4 Å². The second-order valence-corrected chi connectivity index (χ2v) is 6.76. The molecule has 0 atom stereocenters. The molecule has 0 N–H and O–H groups in total. The minimum absolute atomic E-state index is 0.245. The van der Waals surface area contributed by atoms with E-state index >= 15 is 0 Å². The smallest absolute Gasteiger partial charge is 0.419 e. The Kier molecular flexibility index (Phi) is 3.87. The van der Waals surface area contributed by atoms with Crippen molar-refractivity contribution in [3.63, 3.8) is 0 Å². The molecule has 124 valence electrons. The van der Waals surface area contributed by atoms with Gasteiger partial charge in [-0.05, 0) is 63.1 Å². The maximum atomic E-state index is 13.5. The standard InChI is InChI=1S/C19H19FN2O2/c1-12-9-13(5-6-15(12)20)14-10-17-16(21-11-14)7-8-22(17)18(23)24-19(2,3)4/h5-11H,1-4H3. The number of benzene rings is 1. The number of aryl methyl sites for hydroxylation is 1. The Labute approximate surface area is 139 Å². The Hall–Kier alpha value is -2.69. The lowest BCUT2D eigenvalue weighted by atomic mass is 10.0. The molecule has 0 amide bonds. The minimum atomic E-state index is -0.577. The number of nitrogens with zero attached hydrogens (tertiary/aromatic N) is 2. The summed E-state index contributed by atoms with van der Waals surface area (Å²) in [7, 11) is 0. The summed E-state index contributed by atoms with van der Waals surface area (Å²) >= 11 is 0. The second kappa shape index (κ2) is 5.74. The lowest BCUT2D eigenvalue weighted by Gasteiger charge is -2.19. The van der Waals surface area contributed by atoms with E-state index in [1.807, 2.05) is 26.8 Å². The molecule has 0 aliphatic carbocycles. The summed E-state index contributed by atoms with van der Waals surface area (Å²) in [6.45, 7) is 7.18. The first-order valence-electron chi connectivity index (χ1n) is 7.71. The van der Waals surface area contributed by atoms with Crippen molar-refractivity contribution in [2.75, 3.05) is 0 Å². The first-order chi connectivity index (χ1) is 11.2. The molecule has 0 unspecified atom stereocenters. The zero-order chi connectivity index (χ0) is 17.5. The van der Waals surface area contributed by atoms with Gasteiger partial charge in [-0.2, -0.15) is 0 Å². The van der Waals surface area contributed by atoms with Crippen LogP contribution in [0.1, 0.15) is 26.3 Å². The van der Waals surface area contributed by atoms with Crippen LogP contribution in [0.25, 0.3) is 22.2 Å². The van der Waals surface area contributed by atoms with Crippen LogP contribution in [0.5, 0.6) is 0 Å². The Morgan fingerprint density at radius 2 is 1.92 bits per heavy atom. The van der Waals surface area contributed by atoms with Crippen molar-refractivity contribution in [2.24, 2.45) is 0 Å². The van der Waals surface area contributed by atoms with Gasteiger partial charge in [0.05, 0.1) is 11.0 Å². The number of rotatable bonds is 1. The topological polar surface area (TPSA) is 44.1 Å². The van der Waals surface area contributed by atoms with Crippen molar-refractivity contribution >= 4 is 17.1 Å². The Morgan fingerprint density at radius 1 is 1.17 bits per heavy atom. The van der Waals surface area contributed by atoms with Crippen molar-refractivity contribution in [3.8, 4) is 11.1 Å². The van der Waals surface area contributed by atoms with Crippen LogP contribution in [-0.2, 0) is 4.74 Å². The number of hydrogen-bond acceptors (Lipinski definition) is 3. The monoisotopic (exact) mass is 326 g/mol. The molecule has 2 aromatic heterocycles. The highest BCUT2D eigenvalue weighted by Gasteiger charge is 2.19. The molecule has 0 fully saturated rings. The predicted molar refractivity (Wildman–Crippen MR) is 91.5 cm³/mol. The molecular weight excluding hydrogens is 307 g/mol. The van der Waals surface area contributed by atoms with Gasteiger partial charge in [-0.1, -0.05) is 6.07 Å². The highest BCUT2D eigenvalue weighted by molar-refractivity contribution is 5.89. The van der Waals surface area contributed by atoms with E-state index in [4.69, 9.17) is 4.74 Å². The average molecular weight is 326 g/mol. The molecule has 0 saturated heterocycles. The fourth-order valence-corrected chi connectivity index (χ4v) is 2.46. The Bertz CT molecular complexity index is 923. The fraction of sp³-hybridized carbons (Fsp3) is 0.263. The summed E-state index contributed by atoms with van der Waals surface area (Å²) in [4.78, 5) is 16.7. The SMILES string of the molecule is Cc1cc(-c2cnc3ccn(C(=O)OC(C)(C)C)c3c2)ccc1F. The van der Waals surface area contributed by atoms with Gasteiger partial charge in [-0.15, -0.1) is 0 Å². The van der Waals surface area contributed by atoms with Crippen molar-refractivity contribution < 1.29 is 13.9 Å². The first kappa shape index (κ1) is 16.2. The minimum Gasteiger partial charge on any atom is -0.443 e. The molecule has 0 bridgehead atoms. The molecule has 1 aromatic carbocycles. The molecule has 0 aliphatic heterocycles. The third kappa shape index (κ3) is 3.15. The summed E-state index contributed by atoms with van der Waals surface area (Å²) in [5.41, 5.74) is 3.00. The van der Waals surface area contributed by atoms with Gasteiger partial charge in [0.2, 0.25) is 0 Å². The largest absolute Gasteiger partial charge is 0.443 e. The van der Waals surface area contributed by atoms with E-state index in [0.717, 1.165) is 11.1 Å². The third-order valence-electron chi connectivity index (χ3n) is 3.62. The maximum absolute atomic E-state index is 13.5. The van der Waals surface area contributed by atoms with Crippen LogP contribution in [-0.4, -0.2) is 21.2 Å². The summed E-state index contributed by atoms with van der Waals surface area (Å²) < 4.78 is 20.3. The lowest BCUT2D eigenvalue weighted by molar-refractivity contribution is 0.0544. The van der Waals surface area contributed by atoms with Crippen LogP contribution in [0.3, 0.4) is 0 Å². The van der Waals surface area contributed by atoms with E-state index in [1.54, 1.807) is 37.5 Å². The highest BCUT2D eigenvalue weighted by atomic mass is 19.1. The molecule has 0 spiro atoms. The maximum Gasteiger partial charge on any atom is 0.419 e. The molecule has 0 saturated carbocycles.